The van der Waals surface area contributed by atoms with Crippen LogP contribution in [-0.4, -0.2) is 94.6 Å². The summed E-state index contributed by atoms with van der Waals surface area (Å²) in [6.07, 6.45) is 4.07. The molecule has 4 rings (SSSR count). The molecule has 1 aliphatic heterocycles. The van der Waals surface area contributed by atoms with Gasteiger partial charge in [0.1, 0.15) is 22.6 Å². The number of oxime groups is 1. The minimum Gasteiger partial charge on any atom is -0.493 e. The van der Waals surface area contributed by atoms with Crippen LogP contribution in [0.5, 0.6) is 5.75 Å². The summed E-state index contributed by atoms with van der Waals surface area (Å²) in [5.74, 6) is 0.618. The van der Waals surface area contributed by atoms with Gasteiger partial charge in [0.25, 0.3) is 5.56 Å². The van der Waals surface area contributed by atoms with Crippen LogP contribution in [-0.2, 0) is 23.5 Å². The number of aliphatic hydroxyl groups is 1. The Kier molecular flexibility index (Phi) is 9.61. The van der Waals surface area contributed by atoms with Gasteiger partial charge < -0.3 is 29.5 Å². The van der Waals surface area contributed by atoms with Gasteiger partial charge in [-0.25, -0.2) is 13.4 Å². The Hall–Kier alpha value is -3.26. The number of H-pyrrole nitrogens is 1. The summed E-state index contributed by atoms with van der Waals surface area (Å²) in [6.45, 7) is 7.08. The van der Waals surface area contributed by atoms with E-state index in [9.17, 15) is 18.4 Å². The molecular weight excluding hydrogens is 536 g/mol. The SMILES string of the molecule is CCCOc1ccc(S(=O)(=O)N2CCN(CCCO)CC2)cc1-c1nc2c(CCC)c(/C=N/O)n(C)c2c(=O)[nH]1. The van der Waals surface area contributed by atoms with Crippen molar-refractivity contribution in [2.75, 3.05) is 45.9 Å². The van der Waals surface area contributed by atoms with Gasteiger partial charge in [-0.15, -0.1) is 0 Å². The van der Waals surface area contributed by atoms with Crippen molar-refractivity contribution >= 4 is 27.3 Å². The fraction of sp³-hybridized carbons (Fsp3) is 0.519. The van der Waals surface area contributed by atoms with Gasteiger partial charge in [0.15, 0.2) is 0 Å². The van der Waals surface area contributed by atoms with Crippen molar-refractivity contribution in [1.29, 1.82) is 0 Å². The number of aryl methyl sites for hydroxylation is 2. The van der Waals surface area contributed by atoms with Crippen molar-refractivity contribution in [2.24, 2.45) is 12.2 Å². The highest BCUT2D eigenvalue weighted by Gasteiger charge is 2.30. The minimum absolute atomic E-state index is 0.0906. The molecule has 0 saturated carbocycles. The zero-order valence-corrected chi connectivity index (χ0v) is 24.1. The van der Waals surface area contributed by atoms with E-state index in [2.05, 4.69) is 15.0 Å². The Morgan fingerprint density at radius 2 is 1.93 bits per heavy atom. The van der Waals surface area contributed by atoms with Crippen LogP contribution in [0.1, 0.15) is 44.4 Å². The molecule has 1 aromatic carbocycles. The van der Waals surface area contributed by atoms with Crippen molar-refractivity contribution in [2.45, 2.75) is 44.4 Å². The maximum Gasteiger partial charge on any atom is 0.275 e. The summed E-state index contributed by atoms with van der Waals surface area (Å²) in [7, 11) is -2.11. The number of ether oxygens (including phenoxy) is 1. The molecule has 0 atom stereocenters. The highest BCUT2D eigenvalue weighted by Crippen LogP contribution is 2.33. The largest absolute Gasteiger partial charge is 0.493 e. The number of aliphatic hydroxyl groups excluding tert-OH is 1. The molecule has 13 heteroatoms. The summed E-state index contributed by atoms with van der Waals surface area (Å²) < 4.78 is 36.3. The lowest BCUT2D eigenvalue weighted by atomic mass is 10.1. The highest BCUT2D eigenvalue weighted by atomic mass is 32.2. The maximum absolute atomic E-state index is 13.6. The molecule has 2 aromatic heterocycles. The lowest BCUT2D eigenvalue weighted by Gasteiger charge is -2.33. The zero-order chi connectivity index (χ0) is 28.9. The predicted molar refractivity (Wildman–Crippen MR) is 153 cm³/mol. The van der Waals surface area contributed by atoms with Gasteiger partial charge in [-0.3, -0.25) is 4.79 Å². The van der Waals surface area contributed by atoms with E-state index in [-0.39, 0.29) is 17.3 Å². The van der Waals surface area contributed by atoms with E-state index in [0.29, 0.717) is 73.7 Å². The number of fused-ring (bicyclic) bond motifs is 1. The van der Waals surface area contributed by atoms with Crippen LogP contribution >= 0.6 is 0 Å². The molecule has 3 N–H and O–H groups in total. The number of aromatic nitrogens is 3. The average Bonchev–Trinajstić information content (AvgIpc) is 3.21. The van der Waals surface area contributed by atoms with Crippen LogP contribution in [0.15, 0.2) is 33.0 Å². The normalized spacial score (nSPS) is 15.4. The van der Waals surface area contributed by atoms with Gasteiger partial charge in [0.05, 0.1) is 29.0 Å². The lowest BCUT2D eigenvalue weighted by Crippen LogP contribution is -2.48. The van der Waals surface area contributed by atoms with E-state index in [1.807, 2.05) is 13.8 Å². The Labute approximate surface area is 233 Å². The first kappa shape index (κ1) is 29.7. The molecule has 218 valence electrons. The van der Waals surface area contributed by atoms with E-state index >= 15 is 0 Å². The smallest absolute Gasteiger partial charge is 0.275 e. The molecule has 0 amide bonds. The van der Waals surface area contributed by atoms with Crippen LogP contribution in [0.25, 0.3) is 22.4 Å². The number of nitrogens with one attached hydrogen (secondary N) is 1. The molecule has 0 spiro atoms. The zero-order valence-electron chi connectivity index (χ0n) is 23.3. The first-order valence-corrected chi connectivity index (χ1v) is 15.1. The molecule has 0 bridgehead atoms. The van der Waals surface area contributed by atoms with Crippen molar-refractivity contribution in [3.63, 3.8) is 0 Å². The lowest BCUT2D eigenvalue weighted by molar-refractivity contribution is 0.171. The molecule has 1 saturated heterocycles. The number of nitrogens with zero attached hydrogens (tertiary/aromatic N) is 5. The van der Waals surface area contributed by atoms with Gasteiger partial charge >= 0.3 is 0 Å². The number of rotatable bonds is 12. The summed E-state index contributed by atoms with van der Waals surface area (Å²) in [5, 5.41) is 21.5. The van der Waals surface area contributed by atoms with Gasteiger partial charge in [-0.05, 0) is 37.5 Å². The van der Waals surface area contributed by atoms with E-state index < -0.39 is 15.6 Å². The molecule has 0 aliphatic carbocycles. The Bertz CT molecular complexity index is 1520. The van der Waals surface area contributed by atoms with Crippen molar-refractivity contribution in [3.05, 3.63) is 39.8 Å². The van der Waals surface area contributed by atoms with E-state index in [4.69, 9.17) is 14.8 Å². The molecule has 3 heterocycles. The molecule has 0 unspecified atom stereocenters. The Balaban J connectivity index is 1.80. The third kappa shape index (κ3) is 5.92. The monoisotopic (exact) mass is 574 g/mol. The molecule has 1 fully saturated rings. The molecule has 3 aromatic rings. The van der Waals surface area contributed by atoms with Crippen molar-refractivity contribution < 1.29 is 23.5 Å². The Morgan fingerprint density at radius 3 is 2.58 bits per heavy atom. The maximum atomic E-state index is 13.6. The third-order valence-electron chi connectivity index (χ3n) is 7.14. The second-order valence-corrected chi connectivity index (χ2v) is 11.8. The van der Waals surface area contributed by atoms with Gasteiger partial charge in [0.2, 0.25) is 10.0 Å². The van der Waals surface area contributed by atoms with Gasteiger partial charge in [-0.1, -0.05) is 25.4 Å². The molecular formula is C27H38N6O6S. The summed E-state index contributed by atoms with van der Waals surface area (Å²) in [6, 6.07) is 4.65. The van der Waals surface area contributed by atoms with Crippen LogP contribution in [0.4, 0.5) is 0 Å². The van der Waals surface area contributed by atoms with Crippen LogP contribution in [0, 0.1) is 0 Å². The molecule has 1 aliphatic rings. The Morgan fingerprint density at radius 1 is 1.18 bits per heavy atom. The van der Waals surface area contributed by atoms with E-state index in [0.717, 1.165) is 24.9 Å². The first-order valence-electron chi connectivity index (χ1n) is 13.7. The summed E-state index contributed by atoms with van der Waals surface area (Å²) in [5.41, 5.74) is 2.12. The topological polar surface area (TPSA) is 153 Å². The van der Waals surface area contributed by atoms with E-state index in [1.165, 1.54) is 22.7 Å². The molecule has 40 heavy (non-hydrogen) atoms. The number of hydrogen-bond donors (Lipinski definition) is 3. The minimum atomic E-state index is -3.82. The first-order chi connectivity index (χ1) is 19.3. The number of sulfonamides is 1. The number of hydrogen-bond acceptors (Lipinski definition) is 9. The number of piperazine rings is 1. The second kappa shape index (κ2) is 12.9. The van der Waals surface area contributed by atoms with E-state index in [1.54, 1.807) is 17.7 Å². The second-order valence-electron chi connectivity index (χ2n) is 9.86. The number of aromatic amines is 1. The van der Waals surface area contributed by atoms with Crippen molar-refractivity contribution in [1.82, 2.24) is 23.7 Å². The highest BCUT2D eigenvalue weighted by molar-refractivity contribution is 7.89. The van der Waals surface area contributed by atoms with Gasteiger partial charge in [0, 0.05) is 51.9 Å². The quantitative estimate of drug-likeness (QED) is 0.169. The predicted octanol–water partition coefficient (Wildman–Crippen LogP) is 2.17. The molecule has 12 nitrogen and oxygen atoms in total. The number of benzene rings is 1. The van der Waals surface area contributed by atoms with Crippen molar-refractivity contribution in [3.8, 4) is 17.1 Å². The van der Waals surface area contributed by atoms with Crippen LogP contribution in [0.2, 0.25) is 0 Å². The van der Waals surface area contributed by atoms with Crippen LogP contribution in [0.3, 0.4) is 0 Å². The fourth-order valence-corrected chi connectivity index (χ4v) is 6.55. The third-order valence-corrected chi connectivity index (χ3v) is 9.03. The summed E-state index contributed by atoms with van der Waals surface area (Å²) >= 11 is 0. The average molecular weight is 575 g/mol. The standard InChI is InChI=1S/C27H38N6O6S/c1-4-7-20-22(18-28-36)31(3)25-24(20)29-26(30-27(25)35)21-17-19(8-9-23(21)39-16-5-2)40(37,38)33-13-11-32(12-14-33)10-6-15-34/h8-9,17-18,34,36H,4-7,10-16H2,1-3H3,(H,29,30,35)/b28-18+. The van der Waals surface area contributed by atoms with Gasteiger partial charge in [-0.2, -0.15) is 4.31 Å². The fourth-order valence-electron chi connectivity index (χ4n) is 5.11. The summed E-state index contributed by atoms with van der Waals surface area (Å²) in [4.78, 5) is 23.2. The van der Waals surface area contributed by atoms with Crippen LogP contribution < -0.4 is 10.3 Å². The molecule has 0 radical (unpaired) electrons.